The molecule has 18 heteroatoms. The van der Waals surface area contributed by atoms with Crippen LogP contribution in [0.1, 0.15) is 171 Å². The maximum absolute atomic E-state index is 16.0. The van der Waals surface area contributed by atoms with Crippen molar-refractivity contribution in [3.8, 4) is 22.3 Å². The first kappa shape index (κ1) is 78.9. The normalized spacial score (nSPS) is 12.5. The van der Waals surface area contributed by atoms with Crippen LogP contribution in [0.4, 0.5) is 8.78 Å². The van der Waals surface area contributed by atoms with Crippen LogP contribution in [0.3, 0.4) is 0 Å². The number of aryl methyl sites for hydroxylation is 8. The van der Waals surface area contributed by atoms with E-state index in [4.69, 9.17) is 15.2 Å². The van der Waals surface area contributed by atoms with Crippen molar-refractivity contribution >= 4 is 36.2 Å². The van der Waals surface area contributed by atoms with Crippen molar-refractivity contribution in [2.75, 3.05) is 54.5 Å². The summed E-state index contributed by atoms with van der Waals surface area (Å²) in [6.45, 7) is 29.1. The van der Waals surface area contributed by atoms with E-state index in [1.807, 2.05) is 112 Å². The zero-order valence-corrected chi connectivity index (χ0v) is 58.6. The lowest BCUT2D eigenvalue weighted by Crippen LogP contribution is -2.40. The van der Waals surface area contributed by atoms with Gasteiger partial charge < -0.3 is 44.6 Å². The number of carboxylic acid groups (broad SMARTS) is 1. The fraction of sp³-hybridized carbons (Fsp3) is 0.486. The molecule has 4 atom stereocenters. The number of nitrogens with zero attached hydrogens (tertiary/aromatic N) is 4. The van der Waals surface area contributed by atoms with Gasteiger partial charge in [-0.05, 0) is 250 Å². The molecule has 6 aromatic rings. The molecule has 0 spiro atoms. The molecule has 6 rings (SSSR count). The summed E-state index contributed by atoms with van der Waals surface area (Å²) in [4.78, 5) is 79.9. The molecule has 0 aliphatic carbocycles. The Morgan fingerprint density at radius 3 is 1.33 bits per heavy atom. The summed E-state index contributed by atoms with van der Waals surface area (Å²) < 4.78 is 43.6. The number of nitrogens with one attached hydrogen (secondary N) is 1. The number of esters is 2. The number of ether oxygens (including phenoxy) is 2. The van der Waals surface area contributed by atoms with Gasteiger partial charge in [0.2, 0.25) is 5.91 Å². The molecule has 0 aliphatic rings. The van der Waals surface area contributed by atoms with Crippen molar-refractivity contribution in [1.29, 1.82) is 0 Å². The molecule has 0 saturated carbocycles. The third kappa shape index (κ3) is 23.1. The van der Waals surface area contributed by atoms with Gasteiger partial charge in [-0.25, -0.2) is 13.6 Å². The minimum absolute atomic E-state index is 0. The zero-order valence-electron chi connectivity index (χ0n) is 57.8. The maximum atomic E-state index is 16.0. The fourth-order valence-electron chi connectivity index (χ4n) is 11.2. The van der Waals surface area contributed by atoms with Gasteiger partial charge in [0.1, 0.15) is 23.7 Å². The van der Waals surface area contributed by atoms with Crippen molar-refractivity contribution in [3.63, 3.8) is 0 Å². The summed E-state index contributed by atoms with van der Waals surface area (Å²) >= 11 is 0. The van der Waals surface area contributed by atoms with Crippen molar-refractivity contribution in [2.45, 2.75) is 172 Å². The Labute approximate surface area is 551 Å². The van der Waals surface area contributed by atoms with E-state index in [-0.39, 0.29) is 61.0 Å². The van der Waals surface area contributed by atoms with E-state index in [0.717, 1.165) is 99.1 Å². The number of likely N-dealkylation sites (N-methyl/N-ethyl adjacent to an activating group) is 2. The van der Waals surface area contributed by atoms with Crippen LogP contribution in [-0.4, -0.2) is 102 Å². The van der Waals surface area contributed by atoms with Gasteiger partial charge in [-0.1, -0.05) is 64.1 Å². The fourth-order valence-corrected chi connectivity index (χ4v) is 11.2. The number of halogens is 3. The molecule has 0 saturated heterocycles. The number of carboxylic acids is 1. The van der Waals surface area contributed by atoms with E-state index in [2.05, 4.69) is 42.8 Å². The highest BCUT2D eigenvalue weighted by molar-refractivity contribution is 5.85. The van der Waals surface area contributed by atoms with E-state index < -0.39 is 53.8 Å². The molecule has 2 heterocycles. The third-order valence-electron chi connectivity index (χ3n) is 16.3. The van der Waals surface area contributed by atoms with E-state index in [9.17, 15) is 38.3 Å². The van der Waals surface area contributed by atoms with Gasteiger partial charge >= 0.3 is 17.9 Å². The second kappa shape index (κ2) is 37.4. The number of amides is 1. The van der Waals surface area contributed by atoms with E-state index in [1.54, 1.807) is 70.4 Å². The summed E-state index contributed by atoms with van der Waals surface area (Å²) in [5.74, 6) is -2.49. The molecular weight excluding hydrogens is 1190 g/mol. The molecule has 0 aliphatic heterocycles. The molecule has 4 aromatic carbocycles. The molecule has 0 fully saturated rings. The molecule has 1 amide bonds. The predicted octanol–water partition coefficient (Wildman–Crippen LogP) is 13.9. The monoisotopic (exact) mass is 1290 g/mol. The highest BCUT2D eigenvalue weighted by atomic mass is 35.5. The number of carbonyl (C=O) groups is 4. The molecule has 0 radical (unpaired) electrons. The van der Waals surface area contributed by atoms with Crippen molar-refractivity contribution in [3.05, 3.63) is 184 Å². The van der Waals surface area contributed by atoms with Crippen LogP contribution in [0, 0.1) is 78.9 Å². The van der Waals surface area contributed by atoms with Crippen molar-refractivity contribution in [1.82, 2.24) is 24.3 Å². The number of aromatic nitrogens is 2. The average Bonchev–Trinajstić information content (AvgIpc) is 0.811. The number of hydrogen-bond donors (Lipinski definition) is 3. The van der Waals surface area contributed by atoms with Crippen LogP contribution in [-0.2, 0) is 41.5 Å². The van der Waals surface area contributed by atoms with Gasteiger partial charge in [-0.2, -0.15) is 0 Å². The van der Waals surface area contributed by atoms with Gasteiger partial charge in [0.25, 0.3) is 11.1 Å². The number of carbonyl (C=O) groups excluding carboxylic acids is 3. The Morgan fingerprint density at radius 2 is 0.935 bits per heavy atom. The van der Waals surface area contributed by atoms with E-state index in [0.29, 0.717) is 47.8 Å². The van der Waals surface area contributed by atoms with Crippen LogP contribution in [0.25, 0.3) is 22.3 Å². The van der Waals surface area contributed by atoms with Crippen molar-refractivity contribution < 1.29 is 42.5 Å². The van der Waals surface area contributed by atoms with Gasteiger partial charge in [-0.3, -0.25) is 24.0 Å². The quantitative estimate of drug-likeness (QED) is 0.0414. The molecule has 92 heavy (non-hydrogen) atoms. The Kier molecular flexibility index (Phi) is 32.1. The van der Waals surface area contributed by atoms with Gasteiger partial charge in [0.05, 0.1) is 32.1 Å². The summed E-state index contributed by atoms with van der Waals surface area (Å²) in [6, 6.07) is 18.9. The molecule has 2 aromatic heterocycles. The molecular formula is C74H103ClF2N6O9. The lowest BCUT2D eigenvalue weighted by Gasteiger charge is -2.26. The number of benzene rings is 4. The minimum atomic E-state index is -1.00. The van der Waals surface area contributed by atoms with E-state index >= 15 is 4.39 Å². The van der Waals surface area contributed by atoms with Crippen LogP contribution in [0.15, 0.2) is 94.8 Å². The largest absolute Gasteiger partial charge is 0.480 e. The predicted molar refractivity (Wildman–Crippen MR) is 369 cm³/mol. The minimum Gasteiger partial charge on any atom is -0.480 e. The number of hydrogen-bond acceptors (Lipinski definition) is 11. The van der Waals surface area contributed by atoms with Gasteiger partial charge in [0, 0.05) is 54.8 Å². The molecule has 0 bridgehead atoms. The van der Waals surface area contributed by atoms with E-state index in [1.165, 1.54) is 9.13 Å². The lowest BCUT2D eigenvalue weighted by molar-refractivity contribution is -0.144. The Balaban J connectivity index is 0.000000395. The SMILES string of the molecule is CCOC(=O)C[C@H](N)c1cc(-c2c(C)cccc2C)cc(C)c1F.CCOC(=O)C[C@H](NC(=O)C(CCC(C)C)n1cc(CCN(C)C)c(C)cc1=O)c1cc(-c2c(C)cccc2C)cc(C)c1F.Cc1cc(=O)n(C(CCC(C)C)C(=O)O)cc1CCN(C)C.Cl. The maximum Gasteiger partial charge on any atom is 0.326 e. The van der Waals surface area contributed by atoms with Crippen molar-refractivity contribution in [2.24, 2.45) is 17.6 Å². The number of aliphatic carboxylic acids is 1. The molecule has 15 nitrogen and oxygen atoms in total. The third-order valence-corrected chi connectivity index (χ3v) is 16.3. The molecule has 504 valence electrons. The first-order valence-electron chi connectivity index (χ1n) is 31.9. The summed E-state index contributed by atoms with van der Waals surface area (Å²) in [6.07, 6.45) is 7.12. The standard InChI is InChI=1S/C37H50FN3O4.C20H24FNO2.C17H28N2O3.ClH/c1-10-45-34(43)21-31(30-20-29(18-27(7)36(30)38)35-24(4)12-11-13-25(35)5)39-37(44)32(15-14-23(2)3)41-22-28(16-17-40(8)9)26(6)19-33(41)42;1-5-24-18(23)11-17(22)16-10-15(9-14(4)20(16)21)19-12(2)7-6-8-13(19)3;1-12(2)6-7-15(17(21)22)19-11-14(8-9-18(4)5)13(3)10-16(19)20;/h11-13,18-20,22-23,31-32H,10,14-17,21H2,1-9H3,(H,39,44);6-10,17H,5,11,22H2,1-4H3;10-12,15H,6-9H2,1-5H3,(H,21,22);1H/t31-,32?;17-;;/m00../s1. The topological polar surface area (TPSA) is 196 Å². The first-order valence-corrected chi connectivity index (χ1v) is 31.9. The zero-order chi connectivity index (χ0) is 68.1. The lowest BCUT2D eigenvalue weighted by atomic mass is 9.90. The number of pyridine rings is 2. The van der Waals surface area contributed by atoms with Gasteiger partial charge in [-0.15, -0.1) is 12.4 Å². The van der Waals surface area contributed by atoms with Crippen LogP contribution >= 0.6 is 12.4 Å². The average molecular weight is 1290 g/mol. The smallest absolute Gasteiger partial charge is 0.326 e. The van der Waals surface area contributed by atoms with Crippen LogP contribution in [0.2, 0.25) is 0 Å². The Morgan fingerprint density at radius 1 is 0.554 bits per heavy atom. The first-order chi connectivity index (χ1) is 42.8. The highest BCUT2D eigenvalue weighted by Gasteiger charge is 2.30. The second-order valence-corrected chi connectivity index (χ2v) is 25.5. The van der Waals surface area contributed by atoms with Crippen LogP contribution < -0.4 is 22.2 Å². The summed E-state index contributed by atoms with van der Waals surface area (Å²) in [7, 11) is 7.97. The highest BCUT2D eigenvalue weighted by Crippen LogP contribution is 2.35. The summed E-state index contributed by atoms with van der Waals surface area (Å²) in [5, 5.41) is 12.5. The Bertz CT molecular complexity index is 3540. The second-order valence-electron chi connectivity index (χ2n) is 25.5. The number of rotatable bonds is 27. The Hall–Kier alpha value is -7.31. The molecule has 2 unspecified atom stereocenters. The molecule has 4 N–H and O–H groups in total. The van der Waals surface area contributed by atoms with Crippen LogP contribution in [0.5, 0.6) is 0 Å². The summed E-state index contributed by atoms with van der Waals surface area (Å²) in [5.41, 5.74) is 19.0. The number of nitrogens with two attached hydrogens (primary N) is 1. The van der Waals surface area contributed by atoms with Gasteiger partial charge in [0.15, 0.2) is 0 Å².